The second-order valence-electron chi connectivity index (χ2n) is 5.92. The zero-order chi connectivity index (χ0) is 18.6. The highest BCUT2D eigenvalue weighted by molar-refractivity contribution is 5.89. The summed E-state index contributed by atoms with van der Waals surface area (Å²) in [5.74, 6) is 0.924. The van der Waals surface area contributed by atoms with E-state index in [0.29, 0.717) is 39.6 Å². The van der Waals surface area contributed by atoms with Crippen LogP contribution in [0.25, 0.3) is 27.9 Å². The van der Waals surface area contributed by atoms with Crippen molar-refractivity contribution in [1.82, 2.24) is 29.1 Å². The van der Waals surface area contributed by atoms with Crippen molar-refractivity contribution in [1.29, 1.82) is 0 Å². The summed E-state index contributed by atoms with van der Waals surface area (Å²) < 4.78 is 28.4. The first-order valence-corrected chi connectivity index (χ1v) is 7.82. The normalized spacial score (nSPS) is 11.9. The molecule has 0 radical (unpaired) electrons. The average molecular weight is 359 g/mol. The van der Waals surface area contributed by atoms with Gasteiger partial charge in [-0.15, -0.1) is 5.10 Å². The number of aromatic nitrogens is 6. The number of halogens is 2. The molecule has 4 heterocycles. The summed E-state index contributed by atoms with van der Waals surface area (Å²) in [6.07, 6.45) is -2.53. The van der Waals surface area contributed by atoms with E-state index in [-0.39, 0.29) is 11.7 Å². The molecule has 0 amide bonds. The minimum absolute atomic E-state index is 0.119. The Hall–Kier alpha value is -3.30. The maximum absolute atomic E-state index is 12.9. The van der Waals surface area contributed by atoms with Crippen molar-refractivity contribution >= 4 is 22.5 Å². The molecule has 134 valence electrons. The molecule has 3 N–H and O–H groups in total. The molecule has 0 aliphatic carbocycles. The Bertz CT molecular complexity index is 1150. The van der Waals surface area contributed by atoms with Gasteiger partial charge in [0, 0.05) is 11.6 Å². The van der Waals surface area contributed by atoms with Crippen molar-refractivity contribution in [3.63, 3.8) is 0 Å². The Morgan fingerprint density at radius 2 is 1.96 bits per heavy atom. The third-order valence-electron chi connectivity index (χ3n) is 4.11. The van der Waals surface area contributed by atoms with Gasteiger partial charge in [0.1, 0.15) is 22.7 Å². The van der Waals surface area contributed by atoms with Crippen molar-refractivity contribution in [2.75, 3.05) is 5.73 Å². The van der Waals surface area contributed by atoms with Gasteiger partial charge in [-0.2, -0.15) is 4.52 Å². The molecule has 4 rings (SSSR count). The molecule has 0 aliphatic heterocycles. The zero-order valence-corrected chi connectivity index (χ0v) is 14.0. The summed E-state index contributed by atoms with van der Waals surface area (Å²) >= 11 is 0. The Balaban J connectivity index is 1.97. The summed E-state index contributed by atoms with van der Waals surface area (Å²) in [5.41, 5.74) is 8.20. The molecule has 0 aliphatic rings. The number of imidazole rings is 1. The van der Waals surface area contributed by atoms with Crippen molar-refractivity contribution in [2.24, 2.45) is 0 Å². The lowest BCUT2D eigenvalue weighted by atomic mass is 10.2. The Labute approximate surface area is 145 Å². The average Bonchev–Trinajstić information content (AvgIpc) is 3.05. The number of fused-ring (bicyclic) bond motifs is 2. The highest BCUT2D eigenvalue weighted by Gasteiger charge is 2.19. The van der Waals surface area contributed by atoms with E-state index in [1.807, 2.05) is 0 Å². The number of nitrogens with two attached hydrogens (primary N) is 1. The van der Waals surface area contributed by atoms with Crippen LogP contribution in [0.3, 0.4) is 0 Å². The topological polar surface area (TPSA) is 107 Å². The highest BCUT2D eigenvalue weighted by Crippen LogP contribution is 2.33. The molecule has 0 aromatic carbocycles. The fourth-order valence-electron chi connectivity index (χ4n) is 3.05. The molecule has 0 spiro atoms. The van der Waals surface area contributed by atoms with E-state index in [2.05, 4.69) is 20.1 Å². The molecule has 4 aromatic rings. The van der Waals surface area contributed by atoms with E-state index in [4.69, 9.17) is 5.73 Å². The van der Waals surface area contributed by atoms with E-state index >= 15 is 0 Å². The van der Waals surface area contributed by atoms with Gasteiger partial charge in [0.05, 0.1) is 12.2 Å². The maximum atomic E-state index is 12.9. The Morgan fingerprint density at radius 1 is 1.19 bits per heavy atom. The van der Waals surface area contributed by atoms with Crippen LogP contribution in [0.15, 0.2) is 18.2 Å². The molecule has 8 nitrogen and oxygen atoms in total. The van der Waals surface area contributed by atoms with Crippen molar-refractivity contribution < 1.29 is 13.9 Å². The predicted molar refractivity (Wildman–Crippen MR) is 91.1 cm³/mol. The number of rotatable bonds is 3. The number of hydrogen-bond acceptors (Lipinski definition) is 6. The number of nitrogen functional groups attached to an aromatic ring is 1. The van der Waals surface area contributed by atoms with Gasteiger partial charge in [-0.1, -0.05) is 0 Å². The van der Waals surface area contributed by atoms with Gasteiger partial charge < -0.3 is 15.4 Å². The lowest BCUT2D eigenvalue weighted by Crippen LogP contribution is -2.09. The van der Waals surface area contributed by atoms with Crippen molar-refractivity contribution in [3.05, 3.63) is 29.8 Å². The molecule has 0 unspecified atom stereocenters. The van der Waals surface area contributed by atoms with Gasteiger partial charge in [-0.25, -0.2) is 23.7 Å². The van der Waals surface area contributed by atoms with E-state index in [1.54, 1.807) is 26.0 Å². The molecule has 0 atom stereocenters. The SMILES string of the molecule is Cc1nc(N)c2c(-c3ccc4nc(C)n(CC(F)F)c4n3)cc(O)n2n1. The first-order valence-electron chi connectivity index (χ1n) is 7.82. The third kappa shape index (κ3) is 2.41. The van der Waals surface area contributed by atoms with Crippen LogP contribution in [0.4, 0.5) is 14.6 Å². The number of alkyl halides is 2. The van der Waals surface area contributed by atoms with Crippen LogP contribution in [-0.2, 0) is 6.54 Å². The molecule has 0 saturated carbocycles. The first kappa shape index (κ1) is 16.2. The summed E-state index contributed by atoms with van der Waals surface area (Å²) in [6, 6.07) is 4.85. The maximum Gasteiger partial charge on any atom is 0.256 e. The smallest absolute Gasteiger partial charge is 0.256 e. The summed E-state index contributed by atoms with van der Waals surface area (Å²) in [6.45, 7) is 2.81. The highest BCUT2D eigenvalue weighted by atomic mass is 19.3. The standard InChI is InChI=1S/C16H15F2N7O/c1-7-20-15(19)14-9(5-13(26)25(14)23-7)10-3-4-11-16(22-10)24(6-12(17)18)8(2)21-11/h3-5,12,26H,6H2,1-2H3,(H2,19,20,23). The van der Waals surface area contributed by atoms with Crippen LogP contribution in [0.5, 0.6) is 5.88 Å². The van der Waals surface area contributed by atoms with Crippen LogP contribution in [-0.4, -0.2) is 40.7 Å². The minimum atomic E-state index is -2.53. The number of hydrogen-bond donors (Lipinski definition) is 2. The van der Waals surface area contributed by atoms with E-state index in [1.165, 1.54) is 15.1 Å². The summed E-state index contributed by atoms with van der Waals surface area (Å²) in [7, 11) is 0. The zero-order valence-electron chi connectivity index (χ0n) is 14.0. The third-order valence-corrected chi connectivity index (χ3v) is 4.11. The quantitative estimate of drug-likeness (QED) is 0.581. The van der Waals surface area contributed by atoms with Crippen molar-refractivity contribution in [2.45, 2.75) is 26.8 Å². The summed E-state index contributed by atoms with van der Waals surface area (Å²) in [5, 5.41) is 14.3. The predicted octanol–water partition coefficient (Wildman–Crippen LogP) is 2.31. The number of aryl methyl sites for hydroxylation is 2. The Morgan fingerprint density at radius 3 is 2.69 bits per heavy atom. The van der Waals surface area contributed by atoms with Crippen molar-refractivity contribution in [3.8, 4) is 17.1 Å². The molecule has 0 bridgehead atoms. The molecule has 0 saturated heterocycles. The van der Waals surface area contributed by atoms with Gasteiger partial charge in [0.25, 0.3) is 6.43 Å². The molecule has 4 aromatic heterocycles. The molecular formula is C16H15F2N7O. The van der Waals surface area contributed by atoms with Gasteiger partial charge >= 0.3 is 0 Å². The van der Waals surface area contributed by atoms with Crippen LogP contribution in [0.2, 0.25) is 0 Å². The number of nitrogens with zero attached hydrogens (tertiary/aromatic N) is 6. The number of anilines is 1. The van der Waals surface area contributed by atoms with Crippen LogP contribution in [0.1, 0.15) is 11.6 Å². The van der Waals surface area contributed by atoms with Gasteiger partial charge in [0.15, 0.2) is 11.5 Å². The lowest BCUT2D eigenvalue weighted by Gasteiger charge is -2.06. The monoisotopic (exact) mass is 359 g/mol. The van der Waals surface area contributed by atoms with Crippen LogP contribution >= 0.6 is 0 Å². The molecular weight excluding hydrogens is 344 g/mol. The fourth-order valence-corrected chi connectivity index (χ4v) is 3.05. The van der Waals surface area contributed by atoms with Gasteiger partial charge in [0.2, 0.25) is 5.88 Å². The van der Waals surface area contributed by atoms with Gasteiger partial charge in [-0.3, -0.25) is 0 Å². The number of pyridine rings is 1. The van der Waals surface area contributed by atoms with E-state index in [9.17, 15) is 13.9 Å². The Kier molecular flexibility index (Phi) is 3.49. The van der Waals surface area contributed by atoms with Crippen LogP contribution in [0, 0.1) is 13.8 Å². The number of aromatic hydroxyl groups is 1. The molecule has 10 heteroatoms. The minimum Gasteiger partial charge on any atom is -0.493 e. The molecule has 26 heavy (non-hydrogen) atoms. The second-order valence-corrected chi connectivity index (χ2v) is 5.92. The largest absolute Gasteiger partial charge is 0.493 e. The fraction of sp³-hybridized carbons (Fsp3) is 0.250. The first-order chi connectivity index (χ1) is 12.3. The summed E-state index contributed by atoms with van der Waals surface area (Å²) in [4.78, 5) is 12.9. The van der Waals surface area contributed by atoms with E-state index < -0.39 is 13.0 Å². The lowest BCUT2D eigenvalue weighted by molar-refractivity contribution is 0.127. The van der Waals surface area contributed by atoms with Crippen LogP contribution < -0.4 is 5.73 Å². The second kappa shape index (κ2) is 5.61. The van der Waals surface area contributed by atoms with E-state index in [0.717, 1.165) is 0 Å². The van der Waals surface area contributed by atoms with Gasteiger partial charge in [-0.05, 0) is 26.0 Å². The molecule has 0 fully saturated rings.